The lowest BCUT2D eigenvalue weighted by Gasteiger charge is -2.32. The van der Waals surface area contributed by atoms with Gasteiger partial charge in [-0.3, -0.25) is 9.59 Å². The molecule has 132 valence electrons. The molecule has 0 spiro atoms. The monoisotopic (exact) mass is 362 g/mol. The molecule has 1 saturated carbocycles. The Labute approximate surface area is 149 Å². The third kappa shape index (κ3) is 3.61. The summed E-state index contributed by atoms with van der Waals surface area (Å²) >= 11 is 5.82. The zero-order valence-electron chi connectivity index (χ0n) is 13.7. The Morgan fingerprint density at radius 3 is 3.00 bits per heavy atom. The molecule has 1 atom stereocenters. The first kappa shape index (κ1) is 16.3. The van der Waals surface area contributed by atoms with Crippen molar-refractivity contribution in [3.05, 3.63) is 44.9 Å². The van der Waals surface area contributed by atoms with E-state index in [0.29, 0.717) is 42.8 Å². The van der Waals surface area contributed by atoms with E-state index in [2.05, 4.69) is 15.1 Å². The number of piperidine rings is 1. The summed E-state index contributed by atoms with van der Waals surface area (Å²) in [7, 11) is 0. The molecule has 1 saturated heterocycles. The number of pyridine rings is 1. The summed E-state index contributed by atoms with van der Waals surface area (Å²) in [4.78, 5) is 32.8. The molecule has 1 unspecified atom stereocenters. The van der Waals surface area contributed by atoms with E-state index < -0.39 is 5.56 Å². The normalized spacial score (nSPS) is 20.7. The summed E-state index contributed by atoms with van der Waals surface area (Å²) in [6, 6.07) is 1.42. The molecule has 1 amide bonds. The Hall–Kier alpha value is -2.15. The molecule has 0 radical (unpaired) electrons. The molecular formula is C17H19ClN4O3. The van der Waals surface area contributed by atoms with Crippen molar-refractivity contribution in [2.45, 2.75) is 38.0 Å². The fourth-order valence-corrected chi connectivity index (χ4v) is 3.46. The van der Waals surface area contributed by atoms with Crippen molar-refractivity contribution in [2.24, 2.45) is 5.92 Å². The quantitative estimate of drug-likeness (QED) is 0.901. The minimum Gasteiger partial charge on any atom is -0.339 e. The van der Waals surface area contributed by atoms with Gasteiger partial charge in [-0.05, 0) is 37.7 Å². The largest absolute Gasteiger partial charge is 0.339 e. The second-order valence-corrected chi connectivity index (χ2v) is 7.26. The highest BCUT2D eigenvalue weighted by Crippen LogP contribution is 2.38. The van der Waals surface area contributed by atoms with Crippen molar-refractivity contribution >= 4 is 17.5 Å². The first-order valence-corrected chi connectivity index (χ1v) is 8.98. The number of H-pyrrole nitrogens is 1. The van der Waals surface area contributed by atoms with Gasteiger partial charge in [0, 0.05) is 31.6 Å². The van der Waals surface area contributed by atoms with Crippen LogP contribution in [0.2, 0.25) is 5.02 Å². The van der Waals surface area contributed by atoms with E-state index in [4.69, 9.17) is 16.1 Å². The molecule has 1 aliphatic carbocycles. The Morgan fingerprint density at radius 1 is 1.40 bits per heavy atom. The molecule has 2 aromatic rings. The molecule has 1 aliphatic heterocycles. The van der Waals surface area contributed by atoms with Crippen LogP contribution in [0.5, 0.6) is 0 Å². The van der Waals surface area contributed by atoms with Crippen molar-refractivity contribution < 1.29 is 9.32 Å². The second-order valence-electron chi connectivity index (χ2n) is 6.85. The highest BCUT2D eigenvalue weighted by molar-refractivity contribution is 6.30. The number of nitrogens with zero attached hydrogens (tertiary/aromatic N) is 3. The average molecular weight is 363 g/mol. The average Bonchev–Trinajstić information content (AvgIpc) is 3.37. The maximum absolute atomic E-state index is 12.7. The number of halogens is 1. The van der Waals surface area contributed by atoms with Crippen molar-refractivity contribution in [1.29, 1.82) is 0 Å². The molecule has 0 aromatic carbocycles. The van der Waals surface area contributed by atoms with Gasteiger partial charge in [0.15, 0.2) is 5.82 Å². The highest BCUT2D eigenvalue weighted by atomic mass is 35.5. The number of carbonyl (C=O) groups excluding carboxylic acids is 1. The summed E-state index contributed by atoms with van der Waals surface area (Å²) in [5.74, 6) is 2.14. The van der Waals surface area contributed by atoms with E-state index in [0.717, 1.165) is 31.5 Å². The SMILES string of the molecule is O=C(c1c[nH]c(=O)c(Cl)c1)N1CCCC(Cc2nc(C3CC3)no2)C1. The van der Waals surface area contributed by atoms with E-state index in [-0.39, 0.29) is 10.9 Å². The topological polar surface area (TPSA) is 92.1 Å². The Bertz CT molecular complexity index is 842. The molecule has 2 fully saturated rings. The van der Waals surface area contributed by atoms with E-state index >= 15 is 0 Å². The van der Waals surface area contributed by atoms with Crippen molar-refractivity contribution in [1.82, 2.24) is 20.0 Å². The fraction of sp³-hybridized carbons (Fsp3) is 0.529. The lowest BCUT2D eigenvalue weighted by Crippen LogP contribution is -2.40. The number of aromatic amines is 1. The fourth-order valence-electron chi connectivity index (χ4n) is 3.28. The van der Waals surface area contributed by atoms with Gasteiger partial charge in [-0.2, -0.15) is 4.98 Å². The Kier molecular flexibility index (Phi) is 4.33. The van der Waals surface area contributed by atoms with Gasteiger partial charge >= 0.3 is 0 Å². The van der Waals surface area contributed by atoms with Crippen LogP contribution in [-0.2, 0) is 6.42 Å². The maximum atomic E-state index is 12.7. The van der Waals surface area contributed by atoms with E-state index in [9.17, 15) is 9.59 Å². The predicted octanol–water partition coefficient (Wildman–Crippen LogP) is 2.38. The zero-order valence-corrected chi connectivity index (χ0v) is 14.5. The van der Waals surface area contributed by atoms with Gasteiger partial charge in [-0.25, -0.2) is 0 Å². The third-order valence-corrected chi connectivity index (χ3v) is 5.08. The van der Waals surface area contributed by atoms with Crippen LogP contribution in [0.25, 0.3) is 0 Å². The molecule has 0 bridgehead atoms. The number of nitrogens with one attached hydrogen (secondary N) is 1. The summed E-state index contributed by atoms with van der Waals surface area (Å²) in [6.45, 7) is 1.33. The van der Waals surface area contributed by atoms with E-state index in [1.54, 1.807) is 4.90 Å². The molecule has 7 nitrogen and oxygen atoms in total. The summed E-state index contributed by atoms with van der Waals surface area (Å²) in [5.41, 5.74) is 0.0108. The van der Waals surface area contributed by atoms with Crippen LogP contribution in [0.15, 0.2) is 21.6 Å². The second kappa shape index (κ2) is 6.63. The van der Waals surface area contributed by atoms with Gasteiger partial charge in [-0.1, -0.05) is 16.8 Å². The Morgan fingerprint density at radius 2 is 2.24 bits per heavy atom. The molecule has 25 heavy (non-hydrogen) atoms. The van der Waals surface area contributed by atoms with Gasteiger partial charge < -0.3 is 14.4 Å². The number of aromatic nitrogens is 3. The lowest BCUT2D eigenvalue weighted by molar-refractivity contribution is 0.0667. The smallest absolute Gasteiger partial charge is 0.266 e. The van der Waals surface area contributed by atoms with Gasteiger partial charge in [0.1, 0.15) is 5.02 Å². The van der Waals surface area contributed by atoms with E-state index in [1.807, 2.05) is 0 Å². The summed E-state index contributed by atoms with van der Waals surface area (Å²) in [6.07, 6.45) is 6.35. The molecule has 4 rings (SSSR count). The molecule has 2 aromatic heterocycles. The van der Waals surface area contributed by atoms with Crippen molar-refractivity contribution in [3.8, 4) is 0 Å². The van der Waals surface area contributed by atoms with E-state index in [1.165, 1.54) is 12.3 Å². The van der Waals surface area contributed by atoms with Crippen molar-refractivity contribution in [3.63, 3.8) is 0 Å². The van der Waals surface area contributed by atoms with Crippen LogP contribution in [0.4, 0.5) is 0 Å². The number of carbonyl (C=O) groups is 1. The predicted molar refractivity (Wildman–Crippen MR) is 90.7 cm³/mol. The van der Waals surface area contributed by atoms with Crippen molar-refractivity contribution in [2.75, 3.05) is 13.1 Å². The minimum absolute atomic E-state index is 0.0258. The lowest BCUT2D eigenvalue weighted by atomic mass is 9.94. The number of likely N-dealkylation sites (tertiary alicyclic amines) is 1. The third-order valence-electron chi connectivity index (χ3n) is 4.80. The number of hydrogen-bond acceptors (Lipinski definition) is 5. The Balaban J connectivity index is 1.41. The highest BCUT2D eigenvalue weighted by Gasteiger charge is 2.30. The first-order valence-electron chi connectivity index (χ1n) is 8.60. The van der Waals surface area contributed by atoms with Gasteiger partial charge in [0.2, 0.25) is 5.89 Å². The van der Waals surface area contributed by atoms with Gasteiger partial charge in [0.25, 0.3) is 11.5 Å². The summed E-state index contributed by atoms with van der Waals surface area (Å²) in [5, 5.41) is 4.07. The summed E-state index contributed by atoms with van der Waals surface area (Å²) < 4.78 is 5.36. The van der Waals surface area contributed by atoms with Crippen LogP contribution >= 0.6 is 11.6 Å². The first-order chi connectivity index (χ1) is 12.1. The van der Waals surface area contributed by atoms with Crippen LogP contribution < -0.4 is 5.56 Å². The molecule has 2 aliphatic rings. The van der Waals surface area contributed by atoms with Crippen LogP contribution in [-0.4, -0.2) is 39.0 Å². The molecule has 1 N–H and O–H groups in total. The van der Waals surface area contributed by atoms with Gasteiger partial charge in [-0.15, -0.1) is 0 Å². The molecule has 3 heterocycles. The number of hydrogen-bond donors (Lipinski definition) is 1. The van der Waals surface area contributed by atoms with Gasteiger partial charge in [0.05, 0.1) is 5.56 Å². The van der Waals surface area contributed by atoms with Crippen LogP contribution in [0.3, 0.4) is 0 Å². The number of rotatable bonds is 4. The molecule has 8 heteroatoms. The maximum Gasteiger partial charge on any atom is 0.266 e. The molecular weight excluding hydrogens is 344 g/mol. The zero-order chi connectivity index (χ0) is 17.4. The number of amides is 1. The van der Waals surface area contributed by atoms with Crippen LogP contribution in [0, 0.1) is 5.92 Å². The van der Waals surface area contributed by atoms with Crippen LogP contribution in [0.1, 0.15) is 53.7 Å². The standard InChI is InChI=1S/C17H19ClN4O3/c18-13-7-12(8-19-16(13)23)17(24)22-5-1-2-10(9-22)6-14-20-15(21-25-14)11-3-4-11/h7-8,10-11H,1-6,9H2,(H,19,23). The minimum atomic E-state index is -0.391.